The molecule has 0 radical (unpaired) electrons. The highest BCUT2D eigenvalue weighted by molar-refractivity contribution is 8.01. The van der Waals surface area contributed by atoms with Crippen molar-refractivity contribution in [3.05, 3.63) is 179 Å². The monoisotopic (exact) mass is 630 g/mol. The van der Waals surface area contributed by atoms with Crippen molar-refractivity contribution < 1.29 is 23.7 Å². The van der Waals surface area contributed by atoms with Gasteiger partial charge in [0.05, 0.1) is 23.2 Å². The fraction of sp³-hybridized carbons (Fsp3) is 0.250. The van der Waals surface area contributed by atoms with Crippen LogP contribution in [0, 0.1) is 0 Å². The fourth-order valence-electron chi connectivity index (χ4n) is 6.52. The lowest BCUT2D eigenvalue weighted by molar-refractivity contribution is -0.337. The highest BCUT2D eigenvalue weighted by Crippen LogP contribution is 2.54. The molecule has 0 aromatic heterocycles. The minimum atomic E-state index is -0.611. The molecule has 2 aliphatic rings. The third-order valence-corrected chi connectivity index (χ3v) is 10.6. The van der Waals surface area contributed by atoms with Gasteiger partial charge in [-0.25, -0.2) is 0 Å². The molecule has 2 heterocycles. The molecule has 7 rings (SSSR count). The number of hydrogen-bond donors (Lipinski definition) is 0. The van der Waals surface area contributed by atoms with Gasteiger partial charge in [0.2, 0.25) is 0 Å². The van der Waals surface area contributed by atoms with E-state index in [2.05, 4.69) is 103 Å². The maximum absolute atomic E-state index is 6.96. The second kappa shape index (κ2) is 14.3. The van der Waals surface area contributed by atoms with Gasteiger partial charge in [-0.05, 0) is 22.3 Å². The maximum atomic E-state index is 6.96. The average Bonchev–Trinajstić information content (AvgIpc) is 3.14. The van der Waals surface area contributed by atoms with E-state index in [4.69, 9.17) is 23.7 Å². The zero-order chi connectivity index (χ0) is 31.2. The van der Waals surface area contributed by atoms with Crippen molar-refractivity contribution in [3.63, 3.8) is 0 Å². The SMILES string of the molecule is CO[C@H]1O[C@@H]2CO[C@@H](c3ccccc3)O[C@H]2[C@H](OCc2ccccc2)[C@@H]1SC(c1ccccc1)(c1ccccc1)c1ccccc1. The standard InChI is InChI=1S/C40H38O5S/c1-41-39-37(46-40(31-21-11-4-12-22-31,32-23-13-5-14-24-32)33-25-15-6-16-26-33)36(42-27-29-17-7-2-8-18-29)35-34(44-39)28-43-38(45-35)30-19-9-3-10-20-30/h2-26,34-39H,27-28H2,1H3/t34-,35-,36+,37+,38-,39+/m1/s1. The summed E-state index contributed by atoms with van der Waals surface area (Å²) in [6.07, 6.45) is -2.25. The van der Waals surface area contributed by atoms with E-state index in [-0.39, 0.29) is 17.5 Å². The van der Waals surface area contributed by atoms with Crippen molar-refractivity contribution in [1.82, 2.24) is 0 Å². The number of rotatable bonds is 10. The summed E-state index contributed by atoms with van der Waals surface area (Å²) >= 11 is 1.81. The van der Waals surface area contributed by atoms with Gasteiger partial charge in [-0.2, -0.15) is 0 Å². The first-order chi connectivity index (χ1) is 22.8. The van der Waals surface area contributed by atoms with Crippen molar-refractivity contribution in [2.75, 3.05) is 13.7 Å². The zero-order valence-corrected chi connectivity index (χ0v) is 26.6. The van der Waals surface area contributed by atoms with Crippen LogP contribution in [-0.2, 0) is 35.0 Å². The van der Waals surface area contributed by atoms with Crippen LogP contribution in [0.15, 0.2) is 152 Å². The molecule has 5 nitrogen and oxygen atoms in total. The molecule has 0 unspecified atom stereocenters. The van der Waals surface area contributed by atoms with Crippen LogP contribution in [0.5, 0.6) is 0 Å². The molecule has 46 heavy (non-hydrogen) atoms. The Bertz CT molecular complexity index is 1540. The summed E-state index contributed by atoms with van der Waals surface area (Å²) in [6, 6.07) is 52.4. The number of ether oxygens (including phenoxy) is 5. The van der Waals surface area contributed by atoms with Gasteiger partial charge in [0.15, 0.2) is 12.6 Å². The van der Waals surface area contributed by atoms with Gasteiger partial charge in [0.25, 0.3) is 0 Å². The molecule has 5 aromatic rings. The number of benzene rings is 5. The van der Waals surface area contributed by atoms with E-state index >= 15 is 0 Å². The second-order valence-electron chi connectivity index (χ2n) is 11.6. The van der Waals surface area contributed by atoms with Gasteiger partial charge < -0.3 is 23.7 Å². The smallest absolute Gasteiger partial charge is 0.184 e. The molecule has 6 atom stereocenters. The predicted octanol–water partition coefficient (Wildman–Crippen LogP) is 8.15. The van der Waals surface area contributed by atoms with Gasteiger partial charge in [-0.1, -0.05) is 152 Å². The largest absolute Gasteiger partial charge is 0.369 e. The van der Waals surface area contributed by atoms with Crippen LogP contribution in [0.2, 0.25) is 0 Å². The topological polar surface area (TPSA) is 46.2 Å². The quantitative estimate of drug-likeness (QED) is 0.145. The Hall–Kier alpha value is -3.75. The molecule has 0 aliphatic carbocycles. The van der Waals surface area contributed by atoms with Crippen LogP contribution in [0.1, 0.15) is 34.1 Å². The van der Waals surface area contributed by atoms with E-state index in [0.29, 0.717) is 13.2 Å². The summed E-state index contributed by atoms with van der Waals surface area (Å²) < 4.78 is 32.2. The Balaban J connectivity index is 1.34. The van der Waals surface area contributed by atoms with Crippen molar-refractivity contribution in [2.45, 2.75) is 47.5 Å². The minimum Gasteiger partial charge on any atom is -0.369 e. The van der Waals surface area contributed by atoms with E-state index in [9.17, 15) is 0 Å². The summed E-state index contributed by atoms with van der Waals surface area (Å²) in [5.41, 5.74) is 5.53. The van der Waals surface area contributed by atoms with Crippen LogP contribution in [0.4, 0.5) is 0 Å². The summed E-state index contributed by atoms with van der Waals surface area (Å²) in [4.78, 5) is 0. The molecular formula is C40H38O5S. The number of thioether (sulfide) groups is 1. The predicted molar refractivity (Wildman–Crippen MR) is 181 cm³/mol. The molecule has 0 amide bonds. The third-order valence-electron chi connectivity index (χ3n) is 8.73. The molecule has 0 N–H and O–H groups in total. The van der Waals surface area contributed by atoms with Gasteiger partial charge >= 0.3 is 0 Å². The molecule has 5 aromatic carbocycles. The molecule has 234 valence electrons. The Kier molecular flexibility index (Phi) is 9.63. The second-order valence-corrected chi connectivity index (χ2v) is 13.0. The van der Waals surface area contributed by atoms with Crippen molar-refractivity contribution >= 4 is 11.8 Å². The zero-order valence-electron chi connectivity index (χ0n) is 25.8. The Morgan fingerprint density at radius 3 is 1.67 bits per heavy atom. The van der Waals surface area contributed by atoms with Gasteiger partial charge in [-0.15, -0.1) is 11.8 Å². The first-order valence-electron chi connectivity index (χ1n) is 15.8. The summed E-state index contributed by atoms with van der Waals surface area (Å²) in [5.74, 6) is 0. The van der Waals surface area contributed by atoms with Crippen LogP contribution < -0.4 is 0 Å². The minimum absolute atomic E-state index is 0.287. The van der Waals surface area contributed by atoms with Crippen molar-refractivity contribution in [1.29, 1.82) is 0 Å². The van der Waals surface area contributed by atoms with Gasteiger partial charge in [-0.3, -0.25) is 0 Å². The molecule has 0 bridgehead atoms. The van der Waals surface area contributed by atoms with E-state index in [0.717, 1.165) is 27.8 Å². The van der Waals surface area contributed by atoms with Gasteiger partial charge in [0, 0.05) is 12.7 Å². The molecule has 6 heteroatoms. The lowest BCUT2D eigenvalue weighted by Crippen LogP contribution is -2.62. The summed E-state index contributed by atoms with van der Waals surface area (Å²) in [7, 11) is 1.71. The Morgan fingerprint density at radius 2 is 1.15 bits per heavy atom. The van der Waals surface area contributed by atoms with Crippen LogP contribution in [0.3, 0.4) is 0 Å². The normalized spacial score (nSPS) is 24.6. The first-order valence-corrected chi connectivity index (χ1v) is 16.6. The van der Waals surface area contributed by atoms with E-state index < -0.39 is 23.4 Å². The summed E-state index contributed by atoms with van der Waals surface area (Å²) in [6.45, 7) is 0.797. The molecule has 2 saturated heterocycles. The molecule has 2 aliphatic heterocycles. The molecular weight excluding hydrogens is 593 g/mol. The first kappa shape index (κ1) is 30.9. The fourth-order valence-corrected chi connectivity index (χ4v) is 8.40. The van der Waals surface area contributed by atoms with Crippen molar-refractivity contribution in [3.8, 4) is 0 Å². The van der Waals surface area contributed by atoms with Crippen LogP contribution in [0.25, 0.3) is 0 Å². The Morgan fingerprint density at radius 1 is 0.652 bits per heavy atom. The van der Waals surface area contributed by atoms with Crippen LogP contribution >= 0.6 is 11.8 Å². The maximum Gasteiger partial charge on any atom is 0.184 e. The number of hydrogen-bond acceptors (Lipinski definition) is 6. The average molecular weight is 631 g/mol. The van der Waals surface area contributed by atoms with E-state index in [1.54, 1.807) is 18.9 Å². The molecule has 0 saturated carbocycles. The van der Waals surface area contributed by atoms with Crippen LogP contribution in [-0.4, -0.2) is 43.6 Å². The third kappa shape index (κ3) is 6.29. The van der Waals surface area contributed by atoms with E-state index in [1.807, 2.05) is 48.5 Å². The lowest BCUT2D eigenvalue weighted by atomic mass is 9.84. The van der Waals surface area contributed by atoms with Crippen molar-refractivity contribution in [2.24, 2.45) is 0 Å². The van der Waals surface area contributed by atoms with E-state index in [1.165, 1.54) is 0 Å². The molecule has 2 fully saturated rings. The number of fused-ring (bicyclic) bond motifs is 1. The highest BCUT2D eigenvalue weighted by atomic mass is 32.2. The highest BCUT2D eigenvalue weighted by Gasteiger charge is 2.54. The van der Waals surface area contributed by atoms with Gasteiger partial charge in [0.1, 0.15) is 18.3 Å². The summed E-state index contributed by atoms with van der Waals surface area (Å²) in [5, 5.41) is -0.287. The lowest BCUT2D eigenvalue weighted by Gasteiger charge is -2.51. The molecule has 0 spiro atoms. The Labute approximate surface area is 275 Å². The number of methoxy groups -OCH3 is 1.